The van der Waals surface area contributed by atoms with Crippen LogP contribution in [0.4, 0.5) is 20.2 Å². The molecule has 0 atom stereocenters. The first-order chi connectivity index (χ1) is 7.61. The first-order valence-electron chi connectivity index (χ1n) is 5.19. The lowest BCUT2D eigenvalue weighted by Crippen LogP contribution is -2.57. The van der Waals surface area contributed by atoms with Crippen LogP contribution >= 0.6 is 0 Å². The van der Waals surface area contributed by atoms with E-state index in [4.69, 9.17) is 0 Å². The van der Waals surface area contributed by atoms with Crippen LogP contribution in [0.25, 0.3) is 0 Å². The van der Waals surface area contributed by atoms with E-state index in [0.29, 0.717) is 18.5 Å². The van der Waals surface area contributed by atoms with E-state index in [2.05, 4.69) is 10.6 Å². The molecule has 0 saturated heterocycles. The molecule has 3 nitrogen and oxygen atoms in total. The Hall–Kier alpha value is -1.65. The second-order valence-corrected chi connectivity index (χ2v) is 4.32. The third-order valence-electron chi connectivity index (χ3n) is 3.31. The van der Waals surface area contributed by atoms with Gasteiger partial charge in [0.25, 0.3) is 0 Å². The molecule has 1 aromatic carbocycles. The summed E-state index contributed by atoms with van der Waals surface area (Å²) in [5.74, 6) is -1.61. The summed E-state index contributed by atoms with van der Waals surface area (Å²) in [6.45, 7) is 0. The highest BCUT2D eigenvalue weighted by Gasteiger charge is 2.47. The standard InChI is InChI=1S/C11H10F2N2O/c12-6-4-7(13)9-8(5-6)15-11(2-1-3-11)10(16)14-9/h4-5,15H,1-3H2,(H,14,16). The number of benzene rings is 1. The van der Waals surface area contributed by atoms with Crippen LogP contribution in [0, 0.1) is 11.6 Å². The predicted molar refractivity (Wildman–Crippen MR) is 55.2 cm³/mol. The minimum atomic E-state index is -0.745. The van der Waals surface area contributed by atoms with Gasteiger partial charge < -0.3 is 10.6 Å². The number of hydrogen-bond donors (Lipinski definition) is 2. The Morgan fingerprint density at radius 3 is 2.62 bits per heavy atom. The van der Waals surface area contributed by atoms with Crippen molar-refractivity contribution in [1.82, 2.24) is 0 Å². The number of rotatable bonds is 0. The van der Waals surface area contributed by atoms with Crippen molar-refractivity contribution in [2.75, 3.05) is 10.6 Å². The van der Waals surface area contributed by atoms with E-state index in [1.807, 2.05) is 0 Å². The summed E-state index contributed by atoms with van der Waals surface area (Å²) >= 11 is 0. The molecule has 1 aromatic rings. The van der Waals surface area contributed by atoms with Crippen molar-refractivity contribution in [3.8, 4) is 0 Å². The Morgan fingerprint density at radius 2 is 2.00 bits per heavy atom. The minimum absolute atomic E-state index is 0.0453. The van der Waals surface area contributed by atoms with Crippen LogP contribution in [0.2, 0.25) is 0 Å². The third kappa shape index (κ3) is 1.14. The lowest BCUT2D eigenvalue weighted by atomic mass is 9.74. The number of hydrogen-bond acceptors (Lipinski definition) is 2. The Bertz CT molecular complexity index is 483. The Kier molecular flexibility index (Phi) is 1.75. The van der Waals surface area contributed by atoms with E-state index in [-0.39, 0.29) is 11.6 Å². The summed E-state index contributed by atoms with van der Waals surface area (Å²) < 4.78 is 26.4. The molecule has 1 fully saturated rings. The average Bonchev–Trinajstić information content (AvgIpc) is 2.16. The topological polar surface area (TPSA) is 41.1 Å². The third-order valence-corrected chi connectivity index (χ3v) is 3.31. The van der Waals surface area contributed by atoms with Gasteiger partial charge in [-0.1, -0.05) is 0 Å². The van der Waals surface area contributed by atoms with Crippen LogP contribution in [0.1, 0.15) is 19.3 Å². The largest absolute Gasteiger partial charge is 0.369 e. The Balaban J connectivity index is 2.08. The van der Waals surface area contributed by atoms with Crippen molar-refractivity contribution >= 4 is 17.3 Å². The van der Waals surface area contributed by atoms with Gasteiger partial charge in [-0.05, 0) is 25.3 Å². The molecule has 84 valence electrons. The average molecular weight is 224 g/mol. The van der Waals surface area contributed by atoms with Gasteiger partial charge in [-0.25, -0.2) is 8.78 Å². The van der Waals surface area contributed by atoms with Crippen molar-refractivity contribution < 1.29 is 13.6 Å². The van der Waals surface area contributed by atoms with Gasteiger partial charge in [-0.15, -0.1) is 0 Å². The van der Waals surface area contributed by atoms with Gasteiger partial charge in [0, 0.05) is 6.07 Å². The van der Waals surface area contributed by atoms with E-state index < -0.39 is 17.2 Å². The quantitative estimate of drug-likeness (QED) is 0.709. The van der Waals surface area contributed by atoms with Gasteiger partial charge in [-0.2, -0.15) is 0 Å². The molecule has 1 saturated carbocycles. The SMILES string of the molecule is O=C1Nc2c(F)cc(F)cc2NC12CCC2. The minimum Gasteiger partial charge on any atom is -0.369 e. The van der Waals surface area contributed by atoms with Gasteiger partial charge >= 0.3 is 0 Å². The van der Waals surface area contributed by atoms with Crippen LogP contribution in [-0.2, 0) is 4.79 Å². The van der Waals surface area contributed by atoms with E-state index in [9.17, 15) is 13.6 Å². The fraction of sp³-hybridized carbons (Fsp3) is 0.364. The number of anilines is 2. The smallest absolute Gasteiger partial charge is 0.250 e. The normalized spacial score (nSPS) is 20.8. The molecule has 1 aliphatic heterocycles. The highest BCUT2D eigenvalue weighted by Crippen LogP contribution is 2.42. The first kappa shape index (κ1) is 9.57. The highest BCUT2D eigenvalue weighted by atomic mass is 19.1. The first-order valence-corrected chi connectivity index (χ1v) is 5.19. The predicted octanol–water partition coefficient (Wildman–Crippen LogP) is 2.25. The van der Waals surface area contributed by atoms with E-state index in [0.717, 1.165) is 12.5 Å². The molecule has 3 rings (SSSR count). The second-order valence-electron chi connectivity index (χ2n) is 4.32. The monoisotopic (exact) mass is 224 g/mol. The number of carbonyl (C=O) groups excluding carboxylic acids is 1. The van der Waals surface area contributed by atoms with E-state index >= 15 is 0 Å². The lowest BCUT2D eigenvalue weighted by molar-refractivity contribution is -0.123. The maximum absolute atomic E-state index is 13.4. The zero-order valence-corrected chi connectivity index (χ0v) is 8.44. The number of nitrogens with one attached hydrogen (secondary N) is 2. The van der Waals surface area contributed by atoms with Gasteiger partial charge in [0.05, 0.1) is 5.69 Å². The Labute approximate surface area is 90.8 Å². The van der Waals surface area contributed by atoms with Crippen LogP contribution in [0.3, 0.4) is 0 Å². The van der Waals surface area contributed by atoms with Crippen molar-refractivity contribution in [2.45, 2.75) is 24.8 Å². The van der Waals surface area contributed by atoms with Crippen LogP contribution < -0.4 is 10.6 Å². The molecular formula is C11H10F2N2O. The molecule has 1 aliphatic carbocycles. The number of amides is 1. The second kappa shape index (κ2) is 2.93. The van der Waals surface area contributed by atoms with Gasteiger partial charge in [0.1, 0.15) is 17.0 Å². The fourth-order valence-electron chi connectivity index (χ4n) is 2.23. The van der Waals surface area contributed by atoms with E-state index in [1.54, 1.807) is 0 Å². The van der Waals surface area contributed by atoms with Crippen molar-refractivity contribution in [2.24, 2.45) is 0 Å². The molecule has 1 heterocycles. The molecular weight excluding hydrogens is 214 g/mol. The molecule has 2 N–H and O–H groups in total. The number of carbonyl (C=O) groups is 1. The summed E-state index contributed by atoms with van der Waals surface area (Å²) in [6.07, 6.45) is 2.36. The Morgan fingerprint density at radius 1 is 1.25 bits per heavy atom. The molecule has 5 heteroatoms. The van der Waals surface area contributed by atoms with Crippen molar-refractivity contribution in [3.63, 3.8) is 0 Å². The summed E-state index contributed by atoms with van der Waals surface area (Å²) in [4.78, 5) is 11.8. The molecule has 16 heavy (non-hydrogen) atoms. The van der Waals surface area contributed by atoms with Gasteiger partial charge in [0.2, 0.25) is 5.91 Å². The number of halogens is 2. The molecule has 0 bridgehead atoms. The van der Waals surface area contributed by atoms with Crippen molar-refractivity contribution in [1.29, 1.82) is 0 Å². The molecule has 0 radical (unpaired) electrons. The van der Waals surface area contributed by atoms with Crippen LogP contribution in [0.5, 0.6) is 0 Å². The van der Waals surface area contributed by atoms with Gasteiger partial charge in [-0.3, -0.25) is 4.79 Å². The molecule has 1 spiro atoms. The maximum Gasteiger partial charge on any atom is 0.250 e. The molecule has 2 aliphatic rings. The highest BCUT2D eigenvalue weighted by molar-refractivity contribution is 6.06. The lowest BCUT2D eigenvalue weighted by Gasteiger charge is -2.44. The summed E-state index contributed by atoms with van der Waals surface area (Å²) in [5.41, 5.74) is -0.270. The van der Waals surface area contributed by atoms with Crippen LogP contribution in [0.15, 0.2) is 12.1 Å². The zero-order valence-electron chi connectivity index (χ0n) is 8.44. The zero-order chi connectivity index (χ0) is 11.3. The fourth-order valence-corrected chi connectivity index (χ4v) is 2.23. The van der Waals surface area contributed by atoms with Crippen LogP contribution in [-0.4, -0.2) is 11.4 Å². The summed E-state index contributed by atoms with van der Waals surface area (Å²) in [5, 5.41) is 5.45. The molecule has 0 aromatic heterocycles. The van der Waals surface area contributed by atoms with Gasteiger partial charge in [0.15, 0.2) is 5.82 Å². The van der Waals surface area contributed by atoms with E-state index in [1.165, 1.54) is 6.07 Å². The molecule has 0 unspecified atom stereocenters. The summed E-state index contributed by atoms with van der Waals surface area (Å²) in [6, 6.07) is 1.97. The van der Waals surface area contributed by atoms with Crippen molar-refractivity contribution in [3.05, 3.63) is 23.8 Å². The summed E-state index contributed by atoms with van der Waals surface area (Å²) in [7, 11) is 0. The number of fused-ring (bicyclic) bond motifs is 1. The molecule has 1 amide bonds. The maximum atomic E-state index is 13.4.